The third kappa shape index (κ3) is 3.83. The number of allylic oxidation sites excluding steroid dienone is 3. The molecule has 1 saturated carbocycles. The fourth-order valence-corrected chi connectivity index (χ4v) is 5.23. The molecule has 1 fully saturated rings. The molecule has 0 bridgehead atoms. The zero-order chi connectivity index (χ0) is 23.2. The summed E-state index contributed by atoms with van der Waals surface area (Å²) in [4.78, 5) is 15.8. The fraction of sp³-hybridized carbons (Fsp3) is 0.370. The quantitative estimate of drug-likeness (QED) is 0.499. The Balaban J connectivity index is 1.68. The Labute approximate surface area is 204 Å². The average molecular weight is 484 g/mol. The molecule has 1 aliphatic heterocycles. The number of hydrogen-bond donors (Lipinski definition) is 1. The van der Waals surface area contributed by atoms with Crippen LogP contribution in [0.1, 0.15) is 60.1 Å². The summed E-state index contributed by atoms with van der Waals surface area (Å²) in [5, 5.41) is 11.4. The minimum atomic E-state index is -1.06. The minimum Gasteiger partial charge on any atom is -0.396 e. The first-order valence-corrected chi connectivity index (χ1v) is 12.1. The van der Waals surface area contributed by atoms with E-state index in [1.54, 1.807) is 0 Å². The summed E-state index contributed by atoms with van der Waals surface area (Å²) in [5.41, 5.74) is 2.18. The van der Waals surface area contributed by atoms with E-state index in [9.17, 15) is 9.90 Å². The van der Waals surface area contributed by atoms with Gasteiger partial charge in [-0.05, 0) is 68.0 Å². The molecule has 0 saturated heterocycles. The van der Waals surface area contributed by atoms with Crippen LogP contribution in [0.2, 0.25) is 5.02 Å². The number of carbonyl (C=O) groups excluding carboxylic acids is 1. The maximum absolute atomic E-state index is 13.9. The van der Waals surface area contributed by atoms with E-state index in [1.807, 2.05) is 72.5 Å². The highest BCUT2D eigenvalue weighted by molar-refractivity contribution is 6.30. The van der Waals surface area contributed by atoms with Crippen molar-refractivity contribution >= 4 is 29.1 Å². The number of halogens is 2. The Morgan fingerprint density at radius 3 is 2.42 bits per heavy atom. The number of ether oxygens (including phenoxy) is 1. The van der Waals surface area contributed by atoms with Crippen molar-refractivity contribution in [2.45, 2.75) is 44.4 Å². The van der Waals surface area contributed by atoms with E-state index in [1.165, 1.54) is 0 Å². The van der Waals surface area contributed by atoms with E-state index < -0.39 is 5.72 Å². The van der Waals surface area contributed by atoms with Crippen LogP contribution in [-0.4, -0.2) is 29.1 Å². The highest BCUT2D eigenvalue weighted by Crippen LogP contribution is 2.54. The second-order valence-corrected chi connectivity index (χ2v) is 10.3. The van der Waals surface area contributed by atoms with Gasteiger partial charge >= 0.3 is 0 Å². The van der Waals surface area contributed by atoms with Gasteiger partial charge in [-0.15, -0.1) is 0 Å². The van der Waals surface area contributed by atoms with Crippen molar-refractivity contribution in [3.8, 4) is 0 Å². The molecule has 2 aromatic rings. The summed E-state index contributed by atoms with van der Waals surface area (Å²) in [7, 11) is 0. The number of hydrogen-bond acceptors (Lipinski definition) is 3. The summed E-state index contributed by atoms with van der Waals surface area (Å²) in [6, 6.07) is 15.0. The smallest absolute Gasteiger partial charge is 0.257 e. The zero-order valence-corrected chi connectivity index (χ0v) is 20.1. The lowest BCUT2D eigenvalue weighted by Gasteiger charge is -2.45. The number of aliphatic hydroxyl groups excluding tert-OH is 1. The van der Waals surface area contributed by atoms with E-state index >= 15 is 0 Å². The molecule has 4 nitrogen and oxygen atoms in total. The van der Waals surface area contributed by atoms with Crippen LogP contribution in [0.15, 0.2) is 71.3 Å². The summed E-state index contributed by atoms with van der Waals surface area (Å²) < 4.78 is 6.84. The summed E-state index contributed by atoms with van der Waals surface area (Å²) in [6.07, 6.45) is 7.14. The van der Waals surface area contributed by atoms with Crippen molar-refractivity contribution < 1.29 is 14.6 Å². The molecule has 0 radical (unpaired) electrons. The second-order valence-electron chi connectivity index (χ2n) is 9.34. The van der Waals surface area contributed by atoms with Gasteiger partial charge in [0.1, 0.15) is 0 Å². The van der Waals surface area contributed by atoms with Crippen molar-refractivity contribution in [2.75, 3.05) is 13.2 Å². The highest BCUT2D eigenvalue weighted by Gasteiger charge is 2.56. The largest absolute Gasteiger partial charge is 0.396 e. The molecule has 1 amide bonds. The first kappa shape index (κ1) is 22.7. The molecule has 0 aromatic heterocycles. The summed E-state index contributed by atoms with van der Waals surface area (Å²) in [6.45, 7) is 2.48. The van der Waals surface area contributed by atoms with Gasteiger partial charge in [-0.2, -0.15) is 0 Å². The Bertz CT molecular complexity index is 1140. The standard InChI is InChI=1S/C27H27Cl2NO3/c1-18(19-6-10-21(28)11-7-19)30-25(32)23-4-2-3-5-24(23)27(30,20-8-12-22(29)13-9-20)33-17-26(16-31)14-15-26/h2-8,10-12,18,31H,9,13-17H2,1H3. The Morgan fingerprint density at radius 2 is 1.79 bits per heavy atom. The van der Waals surface area contributed by atoms with Crippen molar-refractivity contribution in [3.63, 3.8) is 0 Å². The molecule has 2 unspecified atom stereocenters. The number of fused-ring (bicyclic) bond motifs is 1. The molecule has 2 aliphatic carbocycles. The van der Waals surface area contributed by atoms with Gasteiger partial charge in [-0.25, -0.2) is 0 Å². The molecule has 1 heterocycles. The Morgan fingerprint density at radius 1 is 1.06 bits per heavy atom. The normalized spacial score (nSPS) is 24.2. The zero-order valence-electron chi connectivity index (χ0n) is 18.6. The molecule has 6 heteroatoms. The van der Waals surface area contributed by atoms with Crippen LogP contribution in [0.4, 0.5) is 0 Å². The van der Waals surface area contributed by atoms with Crippen molar-refractivity contribution in [2.24, 2.45) is 5.41 Å². The van der Waals surface area contributed by atoms with Gasteiger partial charge in [-0.3, -0.25) is 9.69 Å². The Hall–Kier alpha value is -2.11. The topological polar surface area (TPSA) is 49.8 Å². The van der Waals surface area contributed by atoms with Gasteiger partial charge in [0.25, 0.3) is 5.91 Å². The molecule has 3 aliphatic rings. The number of rotatable bonds is 7. The highest BCUT2D eigenvalue weighted by atomic mass is 35.5. The third-order valence-corrected chi connectivity index (χ3v) is 7.80. The van der Waals surface area contributed by atoms with E-state index in [4.69, 9.17) is 27.9 Å². The third-order valence-electron chi connectivity index (χ3n) is 7.23. The van der Waals surface area contributed by atoms with E-state index in [0.29, 0.717) is 30.0 Å². The van der Waals surface area contributed by atoms with Gasteiger partial charge in [0.05, 0.1) is 19.3 Å². The molecule has 0 spiro atoms. The number of nitrogens with zero attached hydrogens (tertiary/aromatic N) is 1. The van der Waals surface area contributed by atoms with Gasteiger partial charge in [0.2, 0.25) is 0 Å². The van der Waals surface area contributed by atoms with Crippen molar-refractivity contribution in [1.29, 1.82) is 0 Å². The van der Waals surface area contributed by atoms with Gasteiger partial charge in [0, 0.05) is 26.6 Å². The molecular weight excluding hydrogens is 457 g/mol. The first-order valence-electron chi connectivity index (χ1n) is 11.4. The predicted molar refractivity (Wildman–Crippen MR) is 130 cm³/mol. The molecule has 2 atom stereocenters. The SMILES string of the molecule is CC(c1ccc(Cl)cc1)N1C(=O)c2ccccc2C1(OCC1(CO)CC1)C1=CC=C(Cl)CC1. The average Bonchev–Trinajstić information content (AvgIpc) is 3.58. The maximum Gasteiger partial charge on any atom is 0.257 e. The number of aliphatic hydroxyl groups is 1. The lowest BCUT2D eigenvalue weighted by Crippen LogP contribution is -2.49. The van der Waals surface area contributed by atoms with Gasteiger partial charge in [0.15, 0.2) is 5.72 Å². The number of amides is 1. The second kappa shape index (κ2) is 8.59. The van der Waals surface area contributed by atoms with E-state index in [2.05, 4.69) is 0 Å². The predicted octanol–water partition coefficient (Wildman–Crippen LogP) is 6.34. The first-order chi connectivity index (χ1) is 15.9. The van der Waals surface area contributed by atoms with Crippen molar-refractivity contribution in [3.05, 3.63) is 93.0 Å². The van der Waals surface area contributed by atoms with Crippen LogP contribution < -0.4 is 0 Å². The molecule has 172 valence electrons. The molecule has 5 rings (SSSR count). The molecule has 33 heavy (non-hydrogen) atoms. The number of benzene rings is 2. The maximum atomic E-state index is 13.9. The fourth-order valence-electron chi connectivity index (χ4n) is 4.95. The van der Waals surface area contributed by atoms with Crippen LogP contribution in [0, 0.1) is 5.41 Å². The van der Waals surface area contributed by atoms with E-state index in [0.717, 1.165) is 34.6 Å². The molecule has 2 aromatic carbocycles. The molecule has 1 N–H and O–H groups in total. The van der Waals surface area contributed by atoms with Crippen LogP contribution in [0.25, 0.3) is 0 Å². The Kier molecular flexibility index (Phi) is 5.90. The van der Waals surface area contributed by atoms with Crippen LogP contribution >= 0.6 is 23.2 Å². The van der Waals surface area contributed by atoms with Gasteiger partial charge in [-0.1, -0.05) is 59.6 Å². The van der Waals surface area contributed by atoms with E-state index in [-0.39, 0.29) is 24.0 Å². The van der Waals surface area contributed by atoms with Crippen molar-refractivity contribution in [1.82, 2.24) is 4.90 Å². The summed E-state index contributed by atoms with van der Waals surface area (Å²) >= 11 is 12.4. The number of carbonyl (C=O) groups is 1. The molecular formula is C27H27Cl2NO3. The lowest BCUT2D eigenvalue weighted by atomic mass is 9.87. The monoisotopic (exact) mass is 483 g/mol. The van der Waals surface area contributed by atoms with Crippen LogP contribution in [0.5, 0.6) is 0 Å². The van der Waals surface area contributed by atoms with Crippen LogP contribution in [0.3, 0.4) is 0 Å². The minimum absolute atomic E-state index is 0.0663. The van der Waals surface area contributed by atoms with Gasteiger partial charge < -0.3 is 9.84 Å². The lowest BCUT2D eigenvalue weighted by molar-refractivity contribution is -0.141. The summed E-state index contributed by atoms with van der Waals surface area (Å²) in [5.74, 6) is -0.0663. The van der Waals surface area contributed by atoms with Crippen LogP contribution in [-0.2, 0) is 10.5 Å².